The van der Waals surface area contributed by atoms with Crippen molar-refractivity contribution in [1.82, 2.24) is 19.8 Å². The van der Waals surface area contributed by atoms with Gasteiger partial charge in [-0.25, -0.2) is 4.39 Å². The zero-order valence-corrected chi connectivity index (χ0v) is 24.8. The van der Waals surface area contributed by atoms with Crippen LogP contribution in [-0.2, 0) is 6.42 Å². The summed E-state index contributed by atoms with van der Waals surface area (Å²) in [6.07, 6.45) is 2.43. The molecule has 2 fully saturated rings. The average Bonchev–Trinajstić information content (AvgIpc) is 3.42. The molecule has 0 spiro atoms. The molecule has 0 aromatic heterocycles. The lowest BCUT2D eigenvalue weighted by atomic mass is 9.76. The number of nitrogens with zero attached hydrogens (tertiary/aromatic N) is 2. The van der Waals surface area contributed by atoms with Crippen LogP contribution in [0.1, 0.15) is 56.7 Å². The summed E-state index contributed by atoms with van der Waals surface area (Å²) < 4.78 is 61.3. The third-order valence-corrected chi connectivity index (χ3v) is 9.45. The molecule has 3 heterocycles. The first kappa shape index (κ1) is 31.3. The largest absolute Gasteiger partial charge is 0.413 e. The van der Waals surface area contributed by atoms with E-state index in [0.717, 1.165) is 49.4 Å². The van der Waals surface area contributed by atoms with Crippen LogP contribution in [0.25, 0.3) is 0 Å². The fourth-order valence-corrected chi connectivity index (χ4v) is 7.07. The van der Waals surface area contributed by atoms with Gasteiger partial charge in [-0.05, 0) is 57.0 Å². The number of piperidine rings is 1. The monoisotopic (exact) mass is 583 g/mol. The maximum absolute atomic E-state index is 15.0. The molecule has 0 radical (unpaired) electrons. The molecule has 0 saturated carbocycles. The maximum Gasteiger partial charge on any atom is 0.413 e. The molecule has 40 heavy (non-hydrogen) atoms. The smallest absolute Gasteiger partial charge is 0.379 e. The molecule has 5 atom stereocenters. The molecule has 0 bridgehead atoms. The second kappa shape index (κ2) is 13.6. The number of anilines is 1. The van der Waals surface area contributed by atoms with Crippen molar-refractivity contribution in [3.63, 3.8) is 0 Å². The van der Waals surface area contributed by atoms with E-state index in [-0.39, 0.29) is 6.04 Å². The van der Waals surface area contributed by atoms with Crippen molar-refractivity contribution in [3.05, 3.63) is 53.6 Å². The van der Waals surface area contributed by atoms with E-state index in [0.29, 0.717) is 44.1 Å². The molecule has 5 nitrogen and oxygen atoms in total. The Balaban J connectivity index is 1.70. The minimum Gasteiger partial charge on any atom is -0.379 e. The number of hydrogen-bond donors (Lipinski definition) is 3. The second-order valence-electron chi connectivity index (χ2n) is 11.7. The summed E-state index contributed by atoms with van der Waals surface area (Å²) in [6, 6.07) is 4.46. The zero-order chi connectivity index (χ0) is 28.9. The van der Waals surface area contributed by atoms with E-state index in [9.17, 15) is 17.6 Å². The fourth-order valence-electron chi connectivity index (χ4n) is 6.19. The number of unbranched alkanes of at least 4 members (excludes halogenated alkanes) is 2. The van der Waals surface area contributed by atoms with E-state index in [4.69, 9.17) is 0 Å². The van der Waals surface area contributed by atoms with Gasteiger partial charge in [-0.3, -0.25) is 9.62 Å². The van der Waals surface area contributed by atoms with Crippen molar-refractivity contribution in [2.75, 3.05) is 50.8 Å². The molecule has 0 amide bonds. The molecular formula is C30H45F4N5S. The molecule has 1 aromatic rings. The number of fused-ring (bicyclic) bond motifs is 1. The molecule has 3 aliphatic rings. The van der Waals surface area contributed by atoms with Crippen LogP contribution < -0.4 is 15.4 Å². The first-order valence-electron chi connectivity index (χ1n) is 14.5. The maximum atomic E-state index is 15.0. The van der Waals surface area contributed by atoms with Gasteiger partial charge in [0, 0.05) is 54.8 Å². The Morgan fingerprint density at radius 3 is 2.77 bits per heavy atom. The third-order valence-electron chi connectivity index (χ3n) is 8.51. The van der Waals surface area contributed by atoms with Gasteiger partial charge in [0.1, 0.15) is 6.17 Å². The number of rotatable bonds is 11. The lowest BCUT2D eigenvalue weighted by Crippen LogP contribution is -2.54. The Kier molecular flexibility index (Phi) is 10.7. The predicted molar refractivity (Wildman–Crippen MR) is 159 cm³/mol. The van der Waals surface area contributed by atoms with Gasteiger partial charge >= 0.3 is 6.18 Å². The zero-order valence-electron chi connectivity index (χ0n) is 24.0. The molecule has 224 valence electrons. The van der Waals surface area contributed by atoms with Gasteiger partial charge in [0.15, 0.2) is 0 Å². The van der Waals surface area contributed by atoms with Crippen LogP contribution >= 0.6 is 11.9 Å². The van der Waals surface area contributed by atoms with E-state index >= 15 is 0 Å². The average molecular weight is 584 g/mol. The summed E-state index contributed by atoms with van der Waals surface area (Å²) >= 11 is 1.70. The highest BCUT2D eigenvalue weighted by Gasteiger charge is 2.48. The molecule has 0 aliphatic carbocycles. The lowest BCUT2D eigenvalue weighted by molar-refractivity contribution is -0.106. The van der Waals surface area contributed by atoms with Crippen molar-refractivity contribution >= 4 is 17.6 Å². The molecule has 3 aliphatic heterocycles. The Morgan fingerprint density at radius 2 is 2.10 bits per heavy atom. The second-order valence-corrected chi connectivity index (χ2v) is 12.6. The highest BCUT2D eigenvalue weighted by Crippen LogP contribution is 2.49. The molecule has 3 unspecified atom stereocenters. The van der Waals surface area contributed by atoms with Crippen molar-refractivity contribution in [2.24, 2.45) is 0 Å². The number of alkyl halides is 4. The summed E-state index contributed by atoms with van der Waals surface area (Å²) in [4.78, 5) is 3.97. The minimum absolute atomic E-state index is 0.341. The van der Waals surface area contributed by atoms with Crippen molar-refractivity contribution in [2.45, 2.75) is 82.0 Å². The number of likely N-dealkylation sites (tertiary alicyclic amines) is 1. The van der Waals surface area contributed by atoms with E-state index in [1.165, 1.54) is 0 Å². The van der Waals surface area contributed by atoms with Gasteiger partial charge in [0.2, 0.25) is 0 Å². The summed E-state index contributed by atoms with van der Waals surface area (Å²) in [6.45, 7) is 10.9. The van der Waals surface area contributed by atoms with Crippen LogP contribution in [0.4, 0.5) is 23.2 Å². The van der Waals surface area contributed by atoms with Gasteiger partial charge in [-0.15, -0.1) is 0 Å². The van der Waals surface area contributed by atoms with Gasteiger partial charge in [-0.1, -0.05) is 62.6 Å². The first-order chi connectivity index (χ1) is 19.0. The summed E-state index contributed by atoms with van der Waals surface area (Å²) in [5.74, 6) is 0.983. The topological polar surface area (TPSA) is 42.6 Å². The third kappa shape index (κ3) is 7.43. The van der Waals surface area contributed by atoms with Gasteiger partial charge < -0.3 is 15.5 Å². The van der Waals surface area contributed by atoms with E-state index in [2.05, 4.69) is 41.0 Å². The normalized spacial score (nSPS) is 30.1. The van der Waals surface area contributed by atoms with Crippen LogP contribution in [0.2, 0.25) is 0 Å². The van der Waals surface area contributed by atoms with Crippen LogP contribution in [0.15, 0.2) is 42.5 Å². The number of hydrogen-bond acceptors (Lipinski definition) is 6. The Morgan fingerprint density at radius 1 is 1.30 bits per heavy atom. The number of halogens is 4. The standard InChI is InChI=1S/C30H45F4N5S/c1-5-6-7-15-39-28(21(2)30(32,33)34)23-10-8-11-26(37-27-12-16-38(4)19-25(27)31)24(23)17-29(39,3)13-9-14-35-22-18-36-40-20-22/h8-11,13,22,25,27-28,35-37H,2,5-7,12,14-20H2,1,3-4H3/b13-9+/t22?,25-,27+,28?,29?/m0/s1. The van der Waals surface area contributed by atoms with Gasteiger partial charge in [0.05, 0.1) is 12.1 Å². The number of benzene rings is 1. The van der Waals surface area contributed by atoms with E-state index in [1.54, 1.807) is 24.1 Å². The SMILES string of the molecule is C=C(C1c2cccc(N[C@@H]3CCN(C)C[C@@H]3F)c2CC(C)(/C=C/CNC2CNSC2)N1CCCCC)C(F)(F)F. The highest BCUT2D eigenvalue weighted by molar-refractivity contribution is 7.97. The lowest BCUT2D eigenvalue weighted by Gasteiger charge is -2.50. The fraction of sp³-hybridized carbons (Fsp3) is 0.667. The summed E-state index contributed by atoms with van der Waals surface area (Å²) in [5, 5.41) is 6.92. The highest BCUT2D eigenvalue weighted by atomic mass is 32.2. The quantitative estimate of drug-likeness (QED) is 0.131. The van der Waals surface area contributed by atoms with E-state index < -0.39 is 29.5 Å². The predicted octanol–water partition coefficient (Wildman–Crippen LogP) is 5.87. The van der Waals surface area contributed by atoms with Crippen LogP contribution in [-0.4, -0.2) is 85.3 Å². The number of nitrogens with one attached hydrogen (secondary N) is 3. The van der Waals surface area contributed by atoms with Crippen LogP contribution in [0, 0.1) is 0 Å². The van der Waals surface area contributed by atoms with Gasteiger partial charge in [0.25, 0.3) is 0 Å². The Hall–Kier alpha value is -1.59. The summed E-state index contributed by atoms with van der Waals surface area (Å²) in [7, 11) is 1.91. The first-order valence-corrected chi connectivity index (χ1v) is 15.5. The Bertz CT molecular complexity index is 1030. The summed E-state index contributed by atoms with van der Waals surface area (Å²) in [5.41, 5.74) is 0.743. The van der Waals surface area contributed by atoms with E-state index in [1.807, 2.05) is 29.8 Å². The van der Waals surface area contributed by atoms with Gasteiger partial charge in [-0.2, -0.15) is 13.2 Å². The van der Waals surface area contributed by atoms with Crippen molar-refractivity contribution in [1.29, 1.82) is 0 Å². The van der Waals surface area contributed by atoms with Crippen molar-refractivity contribution in [3.8, 4) is 0 Å². The van der Waals surface area contributed by atoms with Crippen LogP contribution in [0.5, 0.6) is 0 Å². The Labute approximate surface area is 241 Å². The molecular weight excluding hydrogens is 538 g/mol. The minimum atomic E-state index is -4.54. The molecule has 10 heteroatoms. The molecule has 4 rings (SSSR count). The molecule has 1 aromatic carbocycles. The van der Waals surface area contributed by atoms with Crippen LogP contribution in [0.3, 0.4) is 0 Å². The molecule has 3 N–H and O–H groups in total. The van der Waals surface area contributed by atoms with Crippen molar-refractivity contribution < 1.29 is 17.6 Å². The molecule has 2 saturated heterocycles.